The molecule has 4 aromatic rings. The molecule has 3 aromatic heterocycles. The van der Waals surface area contributed by atoms with E-state index in [9.17, 15) is 15.0 Å². The molecule has 0 spiro atoms. The molecule has 0 atom stereocenters. The lowest BCUT2D eigenvalue weighted by Crippen LogP contribution is -2.35. The van der Waals surface area contributed by atoms with Gasteiger partial charge < -0.3 is 19.2 Å². The van der Waals surface area contributed by atoms with E-state index in [0.717, 1.165) is 53.9 Å². The summed E-state index contributed by atoms with van der Waals surface area (Å²) in [5.41, 5.74) is 1.72. The highest BCUT2D eigenvalue weighted by Gasteiger charge is 2.23. The van der Waals surface area contributed by atoms with Crippen LogP contribution in [0.25, 0.3) is 21.7 Å². The number of likely N-dealkylation sites (tertiary alicyclic amines) is 1. The summed E-state index contributed by atoms with van der Waals surface area (Å²) in [4.78, 5) is 25.6. The van der Waals surface area contributed by atoms with Gasteiger partial charge in [0.2, 0.25) is 5.95 Å². The van der Waals surface area contributed by atoms with E-state index in [1.54, 1.807) is 33.0 Å². The number of aromatic nitrogens is 3. The standard InChI is InChI=1S/C26H31N5O4S/c1-16-27-13-21(35-16)22-6-7-23(36-22)24(33)29-25-28-19-12-17(14-30-10-8-18(32)9-11-30)4-5-20(19)31(25)15-26(2,3)34/h4-7,12-13,18,32,34H,8-11,14-15H2,1-3H3,(H,28,29,33). The first-order chi connectivity index (χ1) is 17.1. The van der Waals surface area contributed by atoms with Gasteiger partial charge in [0.15, 0.2) is 11.7 Å². The number of piperidine rings is 1. The van der Waals surface area contributed by atoms with Crippen molar-refractivity contribution in [2.45, 2.75) is 58.4 Å². The fourth-order valence-corrected chi connectivity index (χ4v) is 5.33. The van der Waals surface area contributed by atoms with Crippen LogP contribution in [-0.2, 0) is 13.1 Å². The number of carbonyl (C=O) groups excluding carboxylic acids is 1. The first kappa shape index (κ1) is 24.6. The second-order valence-electron chi connectivity index (χ2n) is 10.0. The highest BCUT2D eigenvalue weighted by atomic mass is 32.1. The van der Waals surface area contributed by atoms with Gasteiger partial charge >= 0.3 is 0 Å². The summed E-state index contributed by atoms with van der Waals surface area (Å²) < 4.78 is 7.42. The number of rotatable bonds is 7. The molecule has 190 valence electrons. The minimum Gasteiger partial charge on any atom is -0.440 e. The molecule has 1 aromatic carbocycles. The van der Waals surface area contributed by atoms with Gasteiger partial charge in [-0.1, -0.05) is 6.07 Å². The van der Waals surface area contributed by atoms with Gasteiger partial charge in [-0.15, -0.1) is 11.3 Å². The fourth-order valence-electron chi connectivity index (χ4n) is 4.48. The Morgan fingerprint density at radius 3 is 2.72 bits per heavy atom. The number of hydrogen-bond donors (Lipinski definition) is 3. The summed E-state index contributed by atoms with van der Waals surface area (Å²) in [6.07, 6.45) is 3.03. The van der Waals surface area contributed by atoms with Crippen LogP contribution >= 0.6 is 11.3 Å². The Hall–Kier alpha value is -3.05. The van der Waals surface area contributed by atoms with Crippen molar-refractivity contribution in [1.82, 2.24) is 19.4 Å². The Balaban J connectivity index is 1.40. The molecule has 0 saturated carbocycles. The number of oxazole rings is 1. The van der Waals surface area contributed by atoms with Gasteiger partial charge in [-0.25, -0.2) is 9.97 Å². The Kier molecular flexibility index (Phi) is 6.69. The predicted molar refractivity (Wildman–Crippen MR) is 139 cm³/mol. The number of aliphatic hydroxyl groups excluding tert-OH is 1. The summed E-state index contributed by atoms with van der Waals surface area (Å²) in [6.45, 7) is 8.02. The van der Waals surface area contributed by atoms with Crippen molar-refractivity contribution in [1.29, 1.82) is 0 Å². The van der Waals surface area contributed by atoms with Gasteiger partial charge in [0, 0.05) is 26.6 Å². The molecule has 0 radical (unpaired) electrons. The molecule has 1 fully saturated rings. The maximum atomic E-state index is 13.1. The average molecular weight is 510 g/mol. The Morgan fingerprint density at radius 1 is 1.25 bits per heavy atom. The van der Waals surface area contributed by atoms with E-state index in [2.05, 4.69) is 21.3 Å². The number of carbonyl (C=O) groups is 1. The molecule has 4 heterocycles. The van der Waals surface area contributed by atoms with Crippen LogP contribution in [0, 0.1) is 6.92 Å². The normalized spacial score (nSPS) is 15.6. The number of fused-ring (bicyclic) bond motifs is 1. The van der Waals surface area contributed by atoms with E-state index >= 15 is 0 Å². The number of nitrogens with one attached hydrogen (secondary N) is 1. The summed E-state index contributed by atoms with van der Waals surface area (Å²) >= 11 is 1.32. The SMILES string of the molecule is Cc1ncc(-c2ccc(C(=O)Nc3nc4cc(CN5CCC(O)CC5)ccc4n3CC(C)(C)O)s2)o1. The maximum Gasteiger partial charge on any atom is 0.268 e. The maximum absolute atomic E-state index is 13.1. The molecule has 1 saturated heterocycles. The van der Waals surface area contributed by atoms with E-state index in [4.69, 9.17) is 9.40 Å². The number of aryl methyl sites for hydroxylation is 1. The predicted octanol–water partition coefficient (Wildman–Crippen LogP) is 4.04. The Bertz CT molecular complexity index is 1370. The van der Waals surface area contributed by atoms with Gasteiger partial charge in [-0.2, -0.15) is 0 Å². The molecule has 36 heavy (non-hydrogen) atoms. The lowest BCUT2D eigenvalue weighted by Gasteiger charge is -2.29. The lowest BCUT2D eigenvalue weighted by atomic mass is 10.1. The Labute approximate surface area is 213 Å². The zero-order valence-corrected chi connectivity index (χ0v) is 21.5. The molecule has 0 aliphatic carbocycles. The van der Waals surface area contributed by atoms with E-state index in [1.165, 1.54) is 11.3 Å². The highest BCUT2D eigenvalue weighted by Crippen LogP contribution is 2.30. The molecule has 1 amide bonds. The van der Waals surface area contributed by atoms with Gasteiger partial charge in [-0.05, 0) is 56.5 Å². The van der Waals surface area contributed by atoms with E-state index in [0.29, 0.717) is 22.5 Å². The molecule has 0 unspecified atom stereocenters. The second-order valence-corrected chi connectivity index (χ2v) is 11.1. The zero-order chi connectivity index (χ0) is 25.4. The number of thiophene rings is 1. The highest BCUT2D eigenvalue weighted by molar-refractivity contribution is 7.17. The van der Waals surface area contributed by atoms with Crippen molar-refractivity contribution < 1.29 is 19.4 Å². The van der Waals surface area contributed by atoms with E-state index in [1.807, 2.05) is 22.8 Å². The third-order valence-corrected chi connectivity index (χ3v) is 7.34. The van der Waals surface area contributed by atoms with Crippen LogP contribution in [0.5, 0.6) is 0 Å². The van der Waals surface area contributed by atoms with Gasteiger partial charge in [-0.3, -0.25) is 15.0 Å². The molecular formula is C26H31N5O4S. The first-order valence-electron chi connectivity index (χ1n) is 12.1. The average Bonchev–Trinajstić information content (AvgIpc) is 3.54. The third kappa shape index (κ3) is 5.52. The number of imidazole rings is 1. The van der Waals surface area contributed by atoms with E-state index < -0.39 is 5.60 Å². The Morgan fingerprint density at radius 2 is 2.03 bits per heavy atom. The first-order valence-corrected chi connectivity index (χ1v) is 12.9. The molecule has 5 rings (SSSR count). The number of hydrogen-bond acceptors (Lipinski definition) is 8. The van der Waals surface area contributed by atoms with Crippen molar-refractivity contribution in [3.05, 3.63) is 52.9 Å². The number of amides is 1. The van der Waals surface area contributed by atoms with Crippen LogP contribution in [0.1, 0.15) is 47.8 Å². The van der Waals surface area contributed by atoms with E-state index in [-0.39, 0.29) is 18.6 Å². The van der Waals surface area contributed by atoms with Crippen LogP contribution in [0.4, 0.5) is 5.95 Å². The van der Waals surface area contributed by atoms with Crippen LogP contribution in [-0.4, -0.2) is 60.3 Å². The topological polar surface area (TPSA) is 117 Å². The molecule has 10 heteroatoms. The van der Waals surface area contributed by atoms with Crippen LogP contribution < -0.4 is 5.32 Å². The smallest absolute Gasteiger partial charge is 0.268 e. The van der Waals surface area contributed by atoms with Crippen LogP contribution in [0.15, 0.2) is 40.9 Å². The number of nitrogens with zero attached hydrogens (tertiary/aromatic N) is 4. The molecular weight excluding hydrogens is 478 g/mol. The van der Waals surface area contributed by atoms with Crippen LogP contribution in [0.3, 0.4) is 0 Å². The fraction of sp³-hybridized carbons (Fsp3) is 0.423. The number of anilines is 1. The summed E-state index contributed by atoms with van der Waals surface area (Å²) in [6, 6.07) is 9.68. The van der Waals surface area contributed by atoms with Crippen molar-refractivity contribution >= 4 is 34.2 Å². The lowest BCUT2D eigenvalue weighted by molar-refractivity contribution is 0.0630. The summed E-state index contributed by atoms with van der Waals surface area (Å²) in [5.74, 6) is 1.31. The van der Waals surface area contributed by atoms with Gasteiger partial charge in [0.1, 0.15) is 0 Å². The largest absolute Gasteiger partial charge is 0.440 e. The zero-order valence-electron chi connectivity index (χ0n) is 20.7. The summed E-state index contributed by atoms with van der Waals surface area (Å²) in [5, 5.41) is 23.3. The quantitative estimate of drug-likeness (QED) is 0.344. The number of benzene rings is 1. The molecule has 1 aliphatic rings. The van der Waals surface area contributed by atoms with Crippen molar-refractivity contribution in [2.24, 2.45) is 0 Å². The molecule has 1 aliphatic heterocycles. The molecule has 0 bridgehead atoms. The van der Waals surface area contributed by atoms with Crippen molar-refractivity contribution in [3.8, 4) is 10.6 Å². The number of aliphatic hydroxyl groups is 2. The van der Waals surface area contributed by atoms with Crippen LogP contribution in [0.2, 0.25) is 0 Å². The summed E-state index contributed by atoms with van der Waals surface area (Å²) in [7, 11) is 0. The molecule has 3 N–H and O–H groups in total. The third-order valence-electron chi connectivity index (χ3n) is 6.24. The minimum absolute atomic E-state index is 0.202. The van der Waals surface area contributed by atoms with Gasteiger partial charge in [0.25, 0.3) is 5.91 Å². The van der Waals surface area contributed by atoms with Crippen molar-refractivity contribution in [2.75, 3.05) is 18.4 Å². The molecule has 9 nitrogen and oxygen atoms in total. The van der Waals surface area contributed by atoms with Gasteiger partial charge in [0.05, 0.1) is 45.2 Å². The second kappa shape index (κ2) is 9.78. The van der Waals surface area contributed by atoms with Crippen molar-refractivity contribution in [3.63, 3.8) is 0 Å². The minimum atomic E-state index is -0.999. The monoisotopic (exact) mass is 509 g/mol.